The second-order valence-corrected chi connectivity index (χ2v) is 14.5. The molecule has 2 aromatic carbocycles. The van der Waals surface area contributed by atoms with Gasteiger partial charge < -0.3 is 29.2 Å². The first-order valence-electron chi connectivity index (χ1n) is 17.5. The molecule has 4 aliphatic rings. The summed E-state index contributed by atoms with van der Waals surface area (Å²) in [5.74, 6) is 0.755. The van der Waals surface area contributed by atoms with E-state index in [9.17, 15) is 10.1 Å². The van der Waals surface area contributed by atoms with E-state index >= 15 is 0 Å². The minimum atomic E-state index is -0.232. The molecule has 10 heteroatoms. The maximum absolute atomic E-state index is 12.7. The first-order chi connectivity index (χ1) is 23.3. The molecule has 0 bridgehead atoms. The van der Waals surface area contributed by atoms with Crippen molar-refractivity contribution < 1.29 is 9.53 Å². The van der Waals surface area contributed by atoms with E-state index < -0.39 is 0 Å². The zero-order valence-electron chi connectivity index (χ0n) is 28.7. The number of likely N-dealkylation sites (tertiary alicyclic amines) is 1. The lowest BCUT2D eigenvalue weighted by atomic mass is 9.99. The van der Waals surface area contributed by atoms with Crippen LogP contribution in [0.25, 0.3) is 10.8 Å². The van der Waals surface area contributed by atoms with Crippen LogP contribution in [0.5, 0.6) is 6.01 Å². The fraction of sp³-hybridized carbons (Fsp3) is 0.526. The third-order valence-corrected chi connectivity index (χ3v) is 11.0. The lowest BCUT2D eigenvalue weighted by Crippen LogP contribution is -2.55. The molecule has 2 saturated heterocycles. The summed E-state index contributed by atoms with van der Waals surface area (Å²) in [6, 6.07) is 16.1. The fourth-order valence-corrected chi connectivity index (χ4v) is 8.02. The average Bonchev–Trinajstić information content (AvgIpc) is 3.70. The van der Waals surface area contributed by atoms with Crippen LogP contribution in [-0.2, 0) is 17.8 Å². The second kappa shape index (κ2) is 13.4. The van der Waals surface area contributed by atoms with E-state index in [0.29, 0.717) is 44.8 Å². The summed E-state index contributed by atoms with van der Waals surface area (Å²) in [5, 5.41) is 12.1. The highest BCUT2D eigenvalue weighted by Gasteiger charge is 2.46. The number of carbonyl (C=O) groups excluding carboxylic acids is 1. The number of rotatable bonds is 10. The number of amides is 1. The molecule has 10 nitrogen and oxygen atoms in total. The number of piperazine rings is 1. The summed E-state index contributed by atoms with van der Waals surface area (Å²) < 4.78 is 6.56. The zero-order chi connectivity index (χ0) is 33.4. The van der Waals surface area contributed by atoms with Crippen LogP contribution in [0.1, 0.15) is 42.5 Å². The smallest absolute Gasteiger partial charge is 0.318 e. The standard InChI is InChI=1S/C38H48N8O2/c1-5-34(47)46-21-20-45(23-30(46)12-17-39)36-31-14-19-44(33-11-7-10-28-9-6-8-27(2)35(28)33)24-32(31)40-37(41-36)48-26-38(15-16-38)25-43-18-13-29(22-43)42(3)4/h5-11,29-30H,1,12-16,18-26H2,2-4H3/t29-,30?/m1/s1. The summed E-state index contributed by atoms with van der Waals surface area (Å²) in [7, 11) is 4.36. The van der Waals surface area contributed by atoms with Gasteiger partial charge in [-0.25, -0.2) is 0 Å². The van der Waals surface area contributed by atoms with Gasteiger partial charge in [-0.2, -0.15) is 15.2 Å². The second-order valence-electron chi connectivity index (χ2n) is 14.5. The lowest BCUT2D eigenvalue weighted by molar-refractivity contribution is -0.128. The minimum absolute atomic E-state index is 0.130. The molecule has 1 saturated carbocycles. The highest BCUT2D eigenvalue weighted by molar-refractivity contribution is 5.97. The Bertz CT molecular complexity index is 1720. The topological polar surface area (TPSA) is 92.1 Å². The molecule has 48 heavy (non-hydrogen) atoms. The Labute approximate surface area is 284 Å². The molecule has 2 atom stereocenters. The van der Waals surface area contributed by atoms with E-state index in [0.717, 1.165) is 62.5 Å². The number of hydrogen-bond donors (Lipinski definition) is 0. The molecule has 1 amide bonds. The van der Waals surface area contributed by atoms with Crippen molar-refractivity contribution in [2.75, 3.05) is 76.3 Å². The molecule has 7 rings (SSSR count). The van der Waals surface area contributed by atoms with Crippen molar-refractivity contribution in [1.29, 1.82) is 5.26 Å². The molecule has 1 aliphatic carbocycles. The van der Waals surface area contributed by atoms with Crippen molar-refractivity contribution in [1.82, 2.24) is 24.7 Å². The molecular formula is C38H48N8O2. The Morgan fingerprint density at radius 3 is 2.65 bits per heavy atom. The normalized spacial score (nSPS) is 22.1. The molecule has 0 radical (unpaired) electrons. The van der Waals surface area contributed by atoms with E-state index in [1.807, 2.05) is 0 Å². The Kier molecular flexibility index (Phi) is 9.01. The van der Waals surface area contributed by atoms with Crippen LogP contribution in [0.2, 0.25) is 0 Å². The summed E-state index contributed by atoms with van der Waals surface area (Å²) in [6.07, 6.45) is 5.95. The number of anilines is 2. The summed E-state index contributed by atoms with van der Waals surface area (Å²) in [6.45, 7) is 13.0. The van der Waals surface area contributed by atoms with Crippen LogP contribution in [0.15, 0.2) is 49.1 Å². The number of hydrogen-bond acceptors (Lipinski definition) is 9. The van der Waals surface area contributed by atoms with Crippen LogP contribution in [0, 0.1) is 23.7 Å². The van der Waals surface area contributed by atoms with Gasteiger partial charge in [-0.3, -0.25) is 4.79 Å². The van der Waals surface area contributed by atoms with E-state index in [1.165, 1.54) is 34.5 Å². The molecule has 252 valence electrons. The first-order valence-corrected chi connectivity index (χ1v) is 17.5. The highest BCUT2D eigenvalue weighted by atomic mass is 16.5. The van der Waals surface area contributed by atoms with Gasteiger partial charge in [0.05, 0.1) is 37.4 Å². The van der Waals surface area contributed by atoms with Gasteiger partial charge in [0.25, 0.3) is 0 Å². The largest absolute Gasteiger partial charge is 0.463 e. The zero-order valence-corrected chi connectivity index (χ0v) is 28.7. The quantitative estimate of drug-likeness (QED) is 0.297. The van der Waals surface area contributed by atoms with Crippen LogP contribution in [0.3, 0.4) is 0 Å². The number of nitriles is 1. The number of aromatic nitrogens is 2. The van der Waals surface area contributed by atoms with Gasteiger partial charge in [-0.05, 0) is 76.3 Å². The Balaban J connectivity index is 1.17. The van der Waals surface area contributed by atoms with E-state index in [1.54, 1.807) is 4.90 Å². The number of nitrogens with zero attached hydrogens (tertiary/aromatic N) is 8. The number of ether oxygens (including phenoxy) is 1. The molecule has 3 aromatic rings. The third kappa shape index (κ3) is 6.46. The van der Waals surface area contributed by atoms with Crippen molar-refractivity contribution in [2.45, 2.75) is 57.7 Å². The van der Waals surface area contributed by atoms with Gasteiger partial charge in [0, 0.05) is 67.4 Å². The molecular weight excluding hydrogens is 600 g/mol. The van der Waals surface area contributed by atoms with Crippen LogP contribution < -0.4 is 14.5 Å². The van der Waals surface area contributed by atoms with Gasteiger partial charge in [0.15, 0.2) is 0 Å². The monoisotopic (exact) mass is 648 g/mol. The molecule has 1 unspecified atom stereocenters. The number of aryl methyl sites for hydroxylation is 1. The van der Waals surface area contributed by atoms with Gasteiger partial charge >= 0.3 is 6.01 Å². The SMILES string of the molecule is C=CC(=O)N1CCN(c2nc(OCC3(CN4CC[C@@H](N(C)C)C4)CC3)nc3c2CCN(c2cccc4cccc(C)c24)C3)CC1CC#N. The lowest BCUT2D eigenvalue weighted by Gasteiger charge is -2.42. The van der Waals surface area contributed by atoms with Gasteiger partial charge in [0.1, 0.15) is 5.82 Å². The fourth-order valence-electron chi connectivity index (χ4n) is 8.02. The average molecular weight is 649 g/mol. The third-order valence-electron chi connectivity index (χ3n) is 11.0. The van der Waals surface area contributed by atoms with Crippen molar-refractivity contribution in [3.05, 3.63) is 65.9 Å². The molecule has 0 spiro atoms. The Morgan fingerprint density at radius 2 is 1.92 bits per heavy atom. The first kappa shape index (κ1) is 32.4. The maximum atomic E-state index is 12.7. The molecule has 1 aromatic heterocycles. The number of fused-ring (bicyclic) bond motifs is 2. The Morgan fingerprint density at radius 1 is 1.10 bits per heavy atom. The predicted octanol–water partition coefficient (Wildman–Crippen LogP) is 4.41. The van der Waals surface area contributed by atoms with E-state index in [2.05, 4.69) is 89.7 Å². The van der Waals surface area contributed by atoms with E-state index in [4.69, 9.17) is 14.7 Å². The summed E-state index contributed by atoms with van der Waals surface area (Å²) in [4.78, 5) is 34.3. The molecule has 3 aliphatic heterocycles. The van der Waals surface area contributed by atoms with Crippen molar-refractivity contribution >= 4 is 28.2 Å². The van der Waals surface area contributed by atoms with E-state index in [-0.39, 0.29) is 23.8 Å². The van der Waals surface area contributed by atoms with Crippen molar-refractivity contribution in [3.8, 4) is 12.1 Å². The Hall–Kier alpha value is -4.20. The number of carbonyl (C=O) groups is 1. The van der Waals surface area contributed by atoms with Crippen LogP contribution in [0.4, 0.5) is 11.5 Å². The highest BCUT2D eigenvalue weighted by Crippen LogP contribution is 2.47. The van der Waals surface area contributed by atoms with Gasteiger partial charge in [-0.1, -0.05) is 36.9 Å². The number of benzene rings is 2. The van der Waals surface area contributed by atoms with Gasteiger partial charge in [0.2, 0.25) is 5.91 Å². The molecule has 0 N–H and O–H groups in total. The van der Waals surface area contributed by atoms with Crippen molar-refractivity contribution in [2.24, 2.45) is 5.41 Å². The predicted molar refractivity (Wildman–Crippen MR) is 189 cm³/mol. The van der Waals surface area contributed by atoms with Crippen LogP contribution >= 0.6 is 0 Å². The van der Waals surface area contributed by atoms with Crippen molar-refractivity contribution in [3.63, 3.8) is 0 Å². The van der Waals surface area contributed by atoms with Gasteiger partial charge in [-0.15, -0.1) is 0 Å². The maximum Gasteiger partial charge on any atom is 0.318 e. The molecule has 4 heterocycles. The summed E-state index contributed by atoms with van der Waals surface area (Å²) in [5.41, 5.74) is 4.78. The summed E-state index contributed by atoms with van der Waals surface area (Å²) >= 11 is 0. The van der Waals surface area contributed by atoms with Crippen LogP contribution in [-0.4, -0.2) is 109 Å². The minimum Gasteiger partial charge on any atom is -0.463 e. The molecule has 3 fully saturated rings. The number of likely N-dealkylation sites (N-methyl/N-ethyl adjacent to an activating group) is 1.